The standard InChI is InChI=1S/C16H21NO3/c1-12(10-15-6-3-9-20-15)17-16(19)8-7-13-4-2-5-14(18)11-13/h2,4-5,7-8,11-12,15,18H,3,6,9-10H2,1H3,(H,17,19)/b8-7+/t12-,15+/m0/s1. The average Bonchev–Trinajstić information content (AvgIpc) is 2.89. The van der Waals surface area contributed by atoms with E-state index in [9.17, 15) is 9.90 Å². The van der Waals surface area contributed by atoms with Crippen molar-refractivity contribution in [2.45, 2.75) is 38.3 Å². The Morgan fingerprint density at radius 1 is 1.60 bits per heavy atom. The Labute approximate surface area is 119 Å². The van der Waals surface area contributed by atoms with Gasteiger partial charge in [-0.05, 0) is 50.0 Å². The molecule has 4 nitrogen and oxygen atoms in total. The van der Waals surface area contributed by atoms with Crippen LogP contribution in [0.2, 0.25) is 0 Å². The van der Waals surface area contributed by atoms with Crippen molar-refractivity contribution >= 4 is 12.0 Å². The SMILES string of the molecule is C[C@@H](C[C@H]1CCCO1)NC(=O)/C=C/c1cccc(O)c1. The molecule has 1 aliphatic rings. The zero-order chi connectivity index (χ0) is 14.4. The molecule has 4 heteroatoms. The summed E-state index contributed by atoms with van der Waals surface area (Å²) in [6.45, 7) is 2.82. The highest BCUT2D eigenvalue weighted by Crippen LogP contribution is 2.17. The first kappa shape index (κ1) is 14.6. The number of rotatable bonds is 5. The maximum absolute atomic E-state index is 11.8. The van der Waals surface area contributed by atoms with Crippen molar-refractivity contribution < 1.29 is 14.6 Å². The van der Waals surface area contributed by atoms with E-state index >= 15 is 0 Å². The zero-order valence-corrected chi connectivity index (χ0v) is 11.7. The molecule has 1 aliphatic heterocycles. The van der Waals surface area contributed by atoms with Crippen LogP contribution in [-0.2, 0) is 9.53 Å². The molecule has 108 valence electrons. The second kappa shape index (κ2) is 7.10. The van der Waals surface area contributed by atoms with E-state index in [1.165, 1.54) is 6.08 Å². The van der Waals surface area contributed by atoms with Gasteiger partial charge in [0.25, 0.3) is 0 Å². The fourth-order valence-electron chi connectivity index (χ4n) is 2.37. The van der Waals surface area contributed by atoms with Crippen LogP contribution >= 0.6 is 0 Å². The number of carbonyl (C=O) groups is 1. The number of amides is 1. The molecule has 0 aliphatic carbocycles. The maximum atomic E-state index is 11.8. The van der Waals surface area contributed by atoms with Crippen molar-refractivity contribution in [3.63, 3.8) is 0 Å². The Bertz CT molecular complexity index is 478. The predicted octanol–water partition coefficient (Wildman–Crippen LogP) is 2.48. The van der Waals surface area contributed by atoms with Crippen LogP contribution in [0.5, 0.6) is 5.75 Å². The number of carbonyl (C=O) groups excluding carboxylic acids is 1. The molecule has 1 aromatic rings. The molecular formula is C16H21NO3. The molecule has 1 aromatic carbocycles. The van der Waals surface area contributed by atoms with Gasteiger partial charge in [0.2, 0.25) is 5.91 Å². The molecule has 1 saturated heterocycles. The number of aromatic hydroxyl groups is 1. The van der Waals surface area contributed by atoms with Gasteiger partial charge in [-0.25, -0.2) is 0 Å². The largest absolute Gasteiger partial charge is 0.508 e. The van der Waals surface area contributed by atoms with Gasteiger partial charge >= 0.3 is 0 Å². The Balaban J connectivity index is 1.79. The Hall–Kier alpha value is -1.81. The monoisotopic (exact) mass is 275 g/mol. The zero-order valence-electron chi connectivity index (χ0n) is 11.7. The van der Waals surface area contributed by atoms with Crippen LogP contribution < -0.4 is 5.32 Å². The number of phenolic OH excluding ortho intramolecular Hbond substituents is 1. The highest BCUT2D eigenvalue weighted by Gasteiger charge is 2.18. The molecule has 0 radical (unpaired) electrons. The predicted molar refractivity (Wildman–Crippen MR) is 78.3 cm³/mol. The molecular weight excluding hydrogens is 254 g/mol. The summed E-state index contributed by atoms with van der Waals surface area (Å²) in [5, 5.41) is 12.3. The number of hydrogen-bond donors (Lipinski definition) is 2. The third-order valence-corrected chi connectivity index (χ3v) is 3.33. The second-order valence-electron chi connectivity index (χ2n) is 5.21. The van der Waals surface area contributed by atoms with Gasteiger partial charge in [-0.2, -0.15) is 0 Å². The van der Waals surface area contributed by atoms with E-state index in [2.05, 4.69) is 5.32 Å². The van der Waals surface area contributed by atoms with E-state index in [0.717, 1.165) is 31.4 Å². The lowest BCUT2D eigenvalue weighted by Crippen LogP contribution is -2.33. The van der Waals surface area contributed by atoms with Crippen LogP contribution in [0, 0.1) is 0 Å². The molecule has 0 bridgehead atoms. The number of ether oxygens (including phenoxy) is 1. The minimum atomic E-state index is -0.126. The molecule has 20 heavy (non-hydrogen) atoms. The number of hydrogen-bond acceptors (Lipinski definition) is 3. The van der Waals surface area contributed by atoms with Crippen molar-refractivity contribution in [2.24, 2.45) is 0 Å². The molecule has 0 unspecified atom stereocenters. The lowest BCUT2D eigenvalue weighted by Gasteiger charge is -2.16. The van der Waals surface area contributed by atoms with Crippen LogP contribution in [0.4, 0.5) is 0 Å². The van der Waals surface area contributed by atoms with Crippen LogP contribution in [0.15, 0.2) is 30.3 Å². The van der Waals surface area contributed by atoms with Crippen LogP contribution in [0.1, 0.15) is 31.7 Å². The minimum Gasteiger partial charge on any atom is -0.508 e. The van der Waals surface area contributed by atoms with Gasteiger partial charge in [-0.1, -0.05) is 12.1 Å². The third-order valence-electron chi connectivity index (χ3n) is 3.33. The average molecular weight is 275 g/mol. The molecule has 0 saturated carbocycles. The van der Waals surface area contributed by atoms with Crippen LogP contribution in [0.3, 0.4) is 0 Å². The summed E-state index contributed by atoms with van der Waals surface area (Å²) in [5.41, 5.74) is 0.798. The minimum absolute atomic E-state index is 0.0967. The summed E-state index contributed by atoms with van der Waals surface area (Å²) in [5.74, 6) is 0.0677. The summed E-state index contributed by atoms with van der Waals surface area (Å²) in [6.07, 6.45) is 6.50. The first-order valence-corrected chi connectivity index (χ1v) is 7.02. The normalized spacial score (nSPS) is 20.1. The van der Waals surface area contributed by atoms with E-state index in [1.807, 2.05) is 13.0 Å². The van der Waals surface area contributed by atoms with Crippen molar-refractivity contribution in [3.8, 4) is 5.75 Å². The molecule has 2 N–H and O–H groups in total. The molecule has 1 heterocycles. The smallest absolute Gasteiger partial charge is 0.244 e. The van der Waals surface area contributed by atoms with Gasteiger partial charge in [0.05, 0.1) is 6.10 Å². The molecule has 0 aromatic heterocycles. The van der Waals surface area contributed by atoms with Crippen LogP contribution in [-0.4, -0.2) is 29.8 Å². The Morgan fingerprint density at radius 3 is 3.15 bits per heavy atom. The Kier molecular flexibility index (Phi) is 5.18. The van der Waals surface area contributed by atoms with Gasteiger partial charge in [0, 0.05) is 18.7 Å². The van der Waals surface area contributed by atoms with Crippen LogP contribution in [0.25, 0.3) is 6.08 Å². The van der Waals surface area contributed by atoms with Crippen molar-refractivity contribution in [3.05, 3.63) is 35.9 Å². The number of benzene rings is 1. The van der Waals surface area contributed by atoms with E-state index in [-0.39, 0.29) is 23.8 Å². The highest BCUT2D eigenvalue weighted by molar-refractivity contribution is 5.91. The molecule has 2 rings (SSSR count). The van der Waals surface area contributed by atoms with Gasteiger partial charge in [-0.3, -0.25) is 4.79 Å². The fourth-order valence-corrected chi connectivity index (χ4v) is 2.37. The summed E-state index contributed by atoms with van der Waals surface area (Å²) in [6, 6.07) is 6.88. The van der Waals surface area contributed by atoms with E-state index < -0.39 is 0 Å². The second-order valence-corrected chi connectivity index (χ2v) is 5.21. The molecule has 1 fully saturated rings. The number of nitrogens with one attached hydrogen (secondary N) is 1. The topological polar surface area (TPSA) is 58.6 Å². The van der Waals surface area contributed by atoms with Gasteiger partial charge in [0.1, 0.15) is 5.75 Å². The summed E-state index contributed by atoms with van der Waals surface area (Å²) in [7, 11) is 0. The van der Waals surface area contributed by atoms with Gasteiger partial charge < -0.3 is 15.2 Å². The van der Waals surface area contributed by atoms with E-state index in [0.29, 0.717) is 0 Å². The molecule has 0 spiro atoms. The Morgan fingerprint density at radius 2 is 2.45 bits per heavy atom. The lowest BCUT2D eigenvalue weighted by molar-refractivity contribution is -0.117. The van der Waals surface area contributed by atoms with E-state index in [4.69, 9.17) is 4.74 Å². The van der Waals surface area contributed by atoms with E-state index in [1.54, 1.807) is 24.3 Å². The fraction of sp³-hybridized carbons (Fsp3) is 0.438. The van der Waals surface area contributed by atoms with Gasteiger partial charge in [-0.15, -0.1) is 0 Å². The highest BCUT2D eigenvalue weighted by atomic mass is 16.5. The van der Waals surface area contributed by atoms with Crippen molar-refractivity contribution in [1.29, 1.82) is 0 Å². The quantitative estimate of drug-likeness (QED) is 0.812. The molecule has 1 amide bonds. The summed E-state index contributed by atoms with van der Waals surface area (Å²) < 4.78 is 5.55. The first-order chi connectivity index (χ1) is 9.63. The van der Waals surface area contributed by atoms with Crippen molar-refractivity contribution in [1.82, 2.24) is 5.32 Å². The summed E-state index contributed by atoms with van der Waals surface area (Å²) >= 11 is 0. The van der Waals surface area contributed by atoms with Crippen molar-refractivity contribution in [2.75, 3.05) is 6.61 Å². The lowest BCUT2D eigenvalue weighted by atomic mass is 10.1. The summed E-state index contributed by atoms with van der Waals surface area (Å²) in [4.78, 5) is 11.8. The molecule has 2 atom stereocenters. The first-order valence-electron chi connectivity index (χ1n) is 7.02. The van der Waals surface area contributed by atoms with Gasteiger partial charge in [0.15, 0.2) is 0 Å². The third kappa shape index (κ3) is 4.70. The number of phenols is 1. The maximum Gasteiger partial charge on any atom is 0.244 e.